The molecule has 6 heteroatoms. The van der Waals surface area contributed by atoms with Crippen LogP contribution in [0.1, 0.15) is 31.4 Å². The van der Waals surface area contributed by atoms with Crippen molar-refractivity contribution in [2.45, 2.75) is 31.3 Å². The molecule has 0 spiro atoms. The van der Waals surface area contributed by atoms with Gasteiger partial charge in [-0.2, -0.15) is 0 Å². The number of amides is 1. The molecule has 1 atom stereocenters. The minimum Gasteiger partial charge on any atom is -0.457 e. The number of benzene rings is 2. The number of hydrogen-bond donors (Lipinski definition) is 2. The quantitative estimate of drug-likeness (QED) is 0.836. The summed E-state index contributed by atoms with van der Waals surface area (Å²) in [6.07, 6.45) is 1.07. The van der Waals surface area contributed by atoms with Crippen molar-refractivity contribution in [3.05, 3.63) is 60.2 Å². The van der Waals surface area contributed by atoms with Crippen LogP contribution in [0.4, 0.5) is 0 Å². The largest absolute Gasteiger partial charge is 0.457 e. The van der Waals surface area contributed by atoms with E-state index in [-0.39, 0.29) is 24.4 Å². The lowest BCUT2D eigenvalue weighted by Crippen LogP contribution is -2.57. The molecule has 0 saturated carbocycles. The van der Waals surface area contributed by atoms with Crippen LogP contribution in [0.25, 0.3) is 0 Å². The molecule has 1 amide bonds. The van der Waals surface area contributed by atoms with Gasteiger partial charge in [0.15, 0.2) is 0 Å². The number of ether oxygens (including phenoxy) is 2. The summed E-state index contributed by atoms with van der Waals surface area (Å²) in [6.45, 7) is 2.98. The van der Waals surface area contributed by atoms with Crippen molar-refractivity contribution in [2.75, 3.05) is 13.2 Å². The Morgan fingerprint density at radius 3 is 2.42 bits per heavy atom. The minimum absolute atomic E-state index is 0. The maximum Gasteiger partial charge on any atom is 0.240 e. The molecule has 140 valence electrons. The van der Waals surface area contributed by atoms with Crippen LogP contribution in [0.3, 0.4) is 0 Å². The van der Waals surface area contributed by atoms with Crippen molar-refractivity contribution in [1.29, 1.82) is 0 Å². The summed E-state index contributed by atoms with van der Waals surface area (Å²) < 4.78 is 11.3. The number of rotatable bonds is 5. The van der Waals surface area contributed by atoms with E-state index in [1.54, 1.807) is 0 Å². The summed E-state index contributed by atoms with van der Waals surface area (Å²) in [6, 6.07) is 17.1. The molecule has 0 aliphatic carbocycles. The van der Waals surface area contributed by atoms with Gasteiger partial charge in [-0.05, 0) is 38.0 Å². The van der Waals surface area contributed by atoms with Crippen LogP contribution >= 0.6 is 12.4 Å². The highest BCUT2D eigenvalue weighted by Gasteiger charge is 2.36. The summed E-state index contributed by atoms with van der Waals surface area (Å²) in [5.41, 5.74) is 6.32. The molecule has 3 N–H and O–H groups in total. The van der Waals surface area contributed by atoms with Gasteiger partial charge in [-0.15, -0.1) is 12.4 Å². The standard InChI is InChI=1S/C20H24N2O3.ClH/c1-15(22-19(23)20(21)11-13-24-14-12-20)17-9-5-6-10-18(17)25-16-7-3-2-4-8-16;/h2-10,15H,11-14,21H2,1H3,(H,22,23);1H. The van der Waals surface area contributed by atoms with Crippen LogP contribution in [0.15, 0.2) is 54.6 Å². The average molecular weight is 377 g/mol. The zero-order valence-corrected chi connectivity index (χ0v) is 15.6. The Morgan fingerprint density at radius 1 is 1.12 bits per heavy atom. The Labute approximate surface area is 160 Å². The molecule has 1 heterocycles. The summed E-state index contributed by atoms with van der Waals surface area (Å²) in [7, 11) is 0. The lowest BCUT2D eigenvalue weighted by molar-refractivity contribution is -0.130. The van der Waals surface area contributed by atoms with Crippen LogP contribution in [-0.4, -0.2) is 24.7 Å². The fourth-order valence-electron chi connectivity index (χ4n) is 2.93. The van der Waals surface area contributed by atoms with E-state index in [1.807, 2.05) is 61.5 Å². The molecular formula is C20H25ClN2O3. The minimum atomic E-state index is -0.859. The monoisotopic (exact) mass is 376 g/mol. The number of halogens is 1. The smallest absolute Gasteiger partial charge is 0.240 e. The van der Waals surface area contributed by atoms with Gasteiger partial charge in [0.2, 0.25) is 5.91 Å². The van der Waals surface area contributed by atoms with E-state index in [1.165, 1.54) is 0 Å². The fourth-order valence-corrected chi connectivity index (χ4v) is 2.93. The van der Waals surface area contributed by atoms with Gasteiger partial charge >= 0.3 is 0 Å². The number of nitrogens with two attached hydrogens (primary N) is 1. The first-order valence-corrected chi connectivity index (χ1v) is 8.58. The highest BCUT2D eigenvalue weighted by atomic mass is 35.5. The van der Waals surface area contributed by atoms with E-state index >= 15 is 0 Å². The van der Waals surface area contributed by atoms with Crippen molar-refractivity contribution in [1.82, 2.24) is 5.32 Å². The van der Waals surface area contributed by atoms with Crippen LogP contribution in [0, 0.1) is 0 Å². The van der Waals surface area contributed by atoms with Gasteiger partial charge in [0, 0.05) is 18.8 Å². The third-order valence-electron chi connectivity index (χ3n) is 4.54. The van der Waals surface area contributed by atoms with E-state index in [4.69, 9.17) is 15.2 Å². The number of carbonyl (C=O) groups excluding carboxylic acids is 1. The molecule has 2 aromatic rings. The van der Waals surface area contributed by atoms with E-state index in [2.05, 4.69) is 5.32 Å². The Hall–Kier alpha value is -2.08. The fraction of sp³-hybridized carbons (Fsp3) is 0.350. The zero-order chi connectivity index (χ0) is 17.7. The summed E-state index contributed by atoms with van der Waals surface area (Å²) in [5.74, 6) is 1.34. The van der Waals surface area contributed by atoms with Gasteiger partial charge in [-0.3, -0.25) is 4.79 Å². The molecular weight excluding hydrogens is 352 g/mol. The molecule has 0 radical (unpaired) electrons. The first-order valence-electron chi connectivity index (χ1n) is 8.58. The molecule has 1 unspecified atom stereocenters. The van der Waals surface area contributed by atoms with Crippen LogP contribution in [0.2, 0.25) is 0 Å². The molecule has 0 aromatic heterocycles. The SMILES string of the molecule is CC(NC(=O)C1(N)CCOCC1)c1ccccc1Oc1ccccc1.Cl. The van der Waals surface area contributed by atoms with Gasteiger partial charge in [0.25, 0.3) is 0 Å². The zero-order valence-electron chi connectivity index (χ0n) is 14.8. The van der Waals surface area contributed by atoms with Gasteiger partial charge in [0.05, 0.1) is 11.6 Å². The summed E-state index contributed by atoms with van der Waals surface area (Å²) in [4.78, 5) is 12.6. The predicted molar refractivity (Wildman–Crippen MR) is 104 cm³/mol. The van der Waals surface area contributed by atoms with Crippen LogP contribution < -0.4 is 15.8 Å². The molecule has 5 nitrogen and oxygen atoms in total. The highest BCUT2D eigenvalue weighted by molar-refractivity contribution is 5.86. The second-order valence-electron chi connectivity index (χ2n) is 6.42. The van der Waals surface area contributed by atoms with Crippen LogP contribution in [0.5, 0.6) is 11.5 Å². The number of para-hydroxylation sites is 2. The Morgan fingerprint density at radius 2 is 1.73 bits per heavy atom. The van der Waals surface area contributed by atoms with Crippen molar-refractivity contribution in [3.63, 3.8) is 0 Å². The van der Waals surface area contributed by atoms with Crippen molar-refractivity contribution in [2.24, 2.45) is 5.73 Å². The van der Waals surface area contributed by atoms with Crippen LogP contribution in [-0.2, 0) is 9.53 Å². The van der Waals surface area contributed by atoms with E-state index in [9.17, 15) is 4.79 Å². The third-order valence-corrected chi connectivity index (χ3v) is 4.54. The number of carbonyl (C=O) groups is 1. The van der Waals surface area contributed by atoms with Gasteiger partial charge < -0.3 is 20.5 Å². The van der Waals surface area contributed by atoms with Gasteiger partial charge in [0.1, 0.15) is 11.5 Å². The van der Waals surface area contributed by atoms with Crippen molar-refractivity contribution < 1.29 is 14.3 Å². The Balaban J connectivity index is 0.00000243. The highest BCUT2D eigenvalue weighted by Crippen LogP contribution is 2.30. The molecule has 2 aromatic carbocycles. The molecule has 1 saturated heterocycles. The van der Waals surface area contributed by atoms with E-state index in [0.29, 0.717) is 26.1 Å². The Kier molecular flexibility index (Phi) is 7.03. The first kappa shape index (κ1) is 20.2. The number of hydrogen-bond acceptors (Lipinski definition) is 4. The Bertz CT molecular complexity index is 718. The summed E-state index contributed by atoms with van der Waals surface area (Å²) in [5, 5.41) is 3.03. The molecule has 0 bridgehead atoms. The summed E-state index contributed by atoms with van der Waals surface area (Å²) >= 11 is 0. The van der Waals surface area contributed by atoms with E-state index < -0.39 is 5.54 Å². The van der Waals surface area contributed by atoms with Gasteiger partial charge in [-0.25, -0.2) is 0 Å². The number of nitrogens with one attached hydrogen (secondary N) is 1. The molecule has 1 fully saturated rings. The predicted octanol–water partition coefficient (Wildman–Crippen LogP) is 3.59. The maximum absolute atomic E-state index is 12.6. The molecule has 1 aliphatic rings. The van der Waals surface area contributed by atoms with E-state index in [0.717, 1.165) is 17.1 Å². The molecule has 3 rings (SSSR count). The lowest BCUT2D eigenvalue weighted by atomic mass is 9.90. The van der Waals surface area contributed by atoms with Crippen molar-refractivity contribution >= 4 is 18.3 Å². The van der Waals surface area contributed by atoms with Gasteiger partial charge in [-0.1, -0.05) is 36.4 Å². The maximum atomic E-state index is 12.6. The average Bonchev–Trinajstić information content (AvgIpc) is 2.63. The third kappa shape index (κ3) is 4.75. The molecule has 26 heavy (non-hydrogen) atoms. The first-order chi connectivity index (χ1) is 12.1. The molecule has 1 aliphatic heterocycles. The normalized spacial score (nSPS) is 16.8. The second-order valence-corrected chi connectivity index (χ2v) is 6.42. The topological polar surface area (TPSA) is 73.6 Å². The van der Waals surface area contributed by atoms with Crippen molar-refractivity contribution in [3.8, 4) is 11.5 Å². The lowest BCUT2D eigenvalue weighted by Gasteiger charge is -2.33. The second kappa shape index (κ2) is 9.03.